The number of hydrogen-bond acceptors (Lipinski definition) is 5. The molecular formula is C24H20F4N6O. The molecule has 3 heterocycles. The van der Waals surface area contributed by atoms with E-state index in [1.165, 1.54) is 24.7 Å². The number of carbonyl (C=O) groups is 1. The zero-order valence-electron chi connectivity index (χ0n) is 18.5. The zero-order chi connectivity index (χ0) is 25.0. The van der Waals surface area contributed by atoms with E-state index in [4.69, 9.17) is 0 Å². The summed E-state index contributed by atoms with van der Waals surface area (Å²) in [6, 6.07) is 9.51. The Balaban J connectivity index is 1.35. The van der Waals surface area contributed by atoms with Crippen LogP contribution in [0.3, 0.4) is 0 Å². The summed E-state index contributed by atoms with van der Waals surface area (Å²) in [7, 11) is 0. The number of pyridine rings is 1. The molecule has 11 heteroatoms. The monoisotopic (exact) mass is 484 g/mol. The molecule has 7 nitrogen and oxygen atoms in total. The molecule has 4 aromatic rings. The fourth-order valence-corrected chi connectivity index (χ4v) is 3.31. The van der Waals surface area contributed by atoms with Gasteiger partial charge in [0.05, 0.1) is 12.6 Å². The van der Waals surface area contributed by atoms with E-state index in [1.807, 2.05) is 12.1 Å². The van der Waals surface area contributed by atoms with Crippen LogP contribution in [0.25, 0.3) is 11.1 Å². The largest absolute Gasteiger partial charge is 0.333 e. The van der Waals surface area contributed by atoms with Gasteiger partial charge in [-0.3, -0.25) is 4.79 Å². The number of hydrogen-bond donors (Lipinski definition) is 1. The van der Waals surface area contributed by atoms with E-state index in [9.17, 15) is 22.4 Å². The van der Waals surface area contributed by atoms with Crippen LogP contribution in [0.4, 0.5) is 23.4 Å². The highest BCUT2D eigenvalue weighted by Gasteiger charge is 2.24. The Hall–Kier alpha value is -4.15. The first-order chi connectivity index (χ1) is 16.7. The Morgan fingerprint density at radius 3 is 2.34 bits per heavy atom. The molecule has 3 aromatic heterocycles. The van der Waals surface area contributed by atoms with Gasteiger partial charge in [-0.2, -0.15) is 13.9 Å². The van der Waals surface area contributed by atoms with Crippen molar-refractivity contribution in [2.24, 2.45) is 0 Å². The van der Waals surface area contributed by atoms with Crippen molar-refractivity contribution in [3.05, 3.63) is 89.9 Å². The first-order valence-corrected chi connectivity index (χ1v) is 10.5. The lowest BCUT2D eigenvalue weighted by Gasteiger charge is -2.12. The lowest BCUT2D eigenvalue weighted by Crippen LogP contribution is -2.16. The predicted octanol–water partition coefficient (Wildman–Crippen LogP) is 5.01. The molecule has 0 saturated heterocycles. The second-order valence-electron chi connectivity index (χ2n) is 7.91. The maximum absolute atomic E-state index is 13.5. The topological polar surface area (TPSA) is 85.6 Å². The van der Waals surface area contributed by atoms with Crippen molar-refractivity contribution in [1.82, 2.24) is 24.7 Å². The number of amides is 1. The molecule has 0 bridgehead atoms. The second kappa shape index (κ2) is 10.00. The molecular weight excluding hydrogens is 464 g/mol. The summed E-state index contributed by atoms with van der Waals surface area (Å²) in [6.07, 6.45) is 7.40. The van der Waals surface area contributed by atoms with Crippen LogP contribution >= 0.6 is 0 Å². The van der Waals surface area contributed by atoms with E-state index < -0.39 is 12.5 Å². The first kappa shape index (κ1) is 24.0. The summed E-state index contributed by atoms with van der Waals surface area (Å²) >= 11 is 0. The third kappa shape index (κ3) is 6.25. The predicted molar refractivity (Wildman–Crippen MR) is 120 cm³/mol. The Bertz CT molecular complexity index is 1300. The van der Waals surface area contributed by atoms with Crippen molar-refractivity contribution in [2.45, 2.75) is 32.2 Å². The zero-order valence-corrected chi connectivity index (χ0v) is 18.5. The van der Waals surface area contributed by atoms with Gasteiger partial charge >= 0.3 is 6.55 Å². The van der Waals surface area contributed by atoms with Gasteiger partial charge in [0.1, 0.15) is 11.6 Å². The molecule has 0 aliphatic heterocycles. The Labute approximate surface area is 197 Å². The molecule has 1 N–H and O–H groups in total. The van der Waals surface area contributed by atoms with E-state index in [-0.39, 0.29) is 30.1 Å². The van der Waals surface area contributed by atoms with Crippen LogP contribution < -0.4 is 5.32 Å². The van der Waals surface area contributed by atoms with Crippen molar-refractivity contribution < 1.29 is 22.4 Å². The van der Waals surface area contributed by atoms with Gasteiger partial charge in [-0.1, -0.05) is 24.3 Å². The van der Waals surface area contributed by atoms with E-state index in [1.54, 1.807) is 24.5 Å². The number of carbonyl (C=O) groups excluding carboxylic acids is 1. The minimum Gasteiger partial charge on any atom is -0.310 e. The van der Waals surface area contributed by atoms with E-state index in [2.05, 4.69) is 25.4 Å². The standard InChI is InChI=1S/C24H20F4N6O/c1-24(27,28)19-6-7-29-21(10-19)33-22(35)9-15-2-4-17(5-3-15)18-12-30-20(31-13-18)8-16-11-32-34(14-16)23(25)26/h2-7,10-14,23H,8-9H2,1H3,(H,29,33,35). The molecule has 1 aromatic carbocycles. The molecule has 0 aliphatic rings. The van der Waals surface area contributed by atoms with Gasteiger partial charge in [-0.15, -0.1) is 0 Å². The molecule has 4 rings (SSSR count). The van der Waals surface area contributed by atoms with Gasteiger partial charge in [0.15, 0.2) is 0 Å². The number of aromatic nitrogens is 5. The first-order valence-electron chi connectivity index (χ1n) is 10.5. The maximum atomic E-state index is 13.5. The van der Waals surface area contributed by atoms with Crippen molar-refractivity contribution in [3.8, 4) is 11.1 Å². The van der Waals surface area contributed by atoms with Gasteiger partial charge in [-0.25, -0.2) is 28.4 Å². The Kier molecular flexibility index (Phi) is 6.85. The quantitative estimate of drug-likeness (QED) is 0.355. The maximum Gasteiger partial charge on any atom is 0.333 e. The summed E-state index contributed by atoms with van der Waals surface area (Å²) < 4.78 is 52.8. The molecule has 0 unspecified atom stereocenters. The van der Waals surface area contributed by atoms with Crippen LogP contribution in [0.2, 0.25) is 0 Å². The molecule has 180 valence electrons. The second-order valence-corrected chi connectivity index (χ2v) is 7.91. The van der Waals surface area contributed by atoms with Gasteiger partial charge < -0.3 is 5.32 Å². The SMILES string of the molecule is CC(F)(F)c1ccnc(NC(=O)Cc2ccc(-c3cnc(Cc4cnn(C(F)F)c4)nc3)cc2)c1. The average molecular weight is 484 g/mol. The summed E-state index contributed by atoms with van der Waals surface area (Å²) in [4.78, 5) is 24.8. The Morgan fingerprint density at radius 2 is 1.71 bits per heavy atom. The van der Waals surface area contributed by atoms with Crippen LogP contribution in [0.1, 0.15) is 36.0 Å². The highest BCUT2D eigenvalue weighted by atomic mass is 19.3. The third-order valence-corrected chi connectivity index (χ3v) is 5.11. The number of alkyl halides is 4. The van der Waals surface area contributed by atoms with Crippen LogP contribution in [0.5, 0.6) is 0 Å². The van der Waals surface area contributed by atoms with Crippen LogP contribution in [-0.2, 0) is 23.6 Å². The third-order valence-electron chi connectivity index (χ3n) is 5.11. The minimum absolute atomic E-state index is 0.0381. The van der Waals surface area contributed by atoms with Crippen LogP contribution in [0, 0.1) is 0 Å². The number of nitrogens with one attached hydrogen (secondary N) is 1. The average Bonchev–Trinajstić information content (AvgIpc) is 3.29. The van der Waals surface area contributed by atoms with Crippen LogP contribution in [-0.4, -0.2) is 30.6 Å². The molecule has 0 aliphatic carbocycles. The molecule has 1 amide bonds. The van der Waals surface area contributed by atoms with Gasteiger partial charge in [-0.05, 0) is 28.8 Å². The number of benzene rings is 1. The van der Waals surface area contributed by atoms with Gasteiger partial charge in [0.25, 0.3) is 5.92 Å². The summed E-state index contributed by atoms with van der Waals surface area (Å²) in [5.74, 6) is -2.89. The highest BCUT2D eigenvalue weighted by Crippen LogP contribution is 2.27. The summed E-state index contributed by atoms with van der Waals surface area (Å²) in [5.41, 5.74) is 2.63. The number of nitrogens with zero attached hydrogens (tertiary/aromatic N) is 5. The smallest absolute Gasteiger partial charge is 0.310 e. The lowest BCUT2D eigenvalue weighted by atomic mass is 10.0. The molecule has 0 radical (unpaired) electrons. The lowest BCUT2D eigenvalue weighted by molar-refractivity contribution is -0.115. The fraction of sp³-hybridized carbons (Fsp3) is 0.208. The Morgan fingerprint density at radius 1 is 1.00 bits per heavy atom. The number of halogens is 4. The van der Waals surface area contributed by atoms with Crippen molar-refractivity contribution >= 4 is 11.7 Å². The van der Waals surface area contributed by atoms with E-state index in [0.29, 0.717) is 16.1 Å². The van der Waals surface area contributed by atoms with E-state index >= 15 is 0 Å². The van der Waals surface area contributed by atoms with Crippen molar-refractivity contribution in [2.75, 3.05) is 5.32 Å². The highest BCUT2D eigenvalue weighted by molar-refractivity contribution is 5.91. The van der Waals surface area contributed by atoms with Gasteiger partial charge in [0.2, 0.25) is 5.91 Å². The molecule has 0 fully saturated rings. The summed E-state index contributed by atoms with van der Waals surface area (Å²) in [5, 5.41) is 6.12. The number of rotatable bonds is 8. The molecule has 35 heavy (non-hydrogen) atoms. The molecule has 0 atom stereocenters. The van der Waals surface area contributed by atoms with Crippen molar-refractivity contribution in [3.63, 3.8) is 0 Å². The number of anilines is 1. The van der Waals surface area contributed by atoms with Crippen molar-refractivity contribution in [1.29, 1.82) is 0 Å². The molecule has 0 saturated carbocycles. The van der Waals surface area contributed by atoms with Crippen LogP contribution in [0.15, 0.2) is 67.4 Å². The summed E-state index contributed by atoms with van der Waals surface area (Å²) in [6.45, 7) is -1.92. The fourth-order valence-electron chi connectivity index (χ4n) is 3.31. The normalized spacial score (nSPS) is 11.6. The minimum atomic E-state index is -3.03. The van der Waals surface area contributed by atoms with Gasteiger partial charge in [0, 0.05) is 49.3 Å². The van der Waals surface area contributed by atoms with E-state index in [0.717, 1.165) is 29.7 Å². The molecule has 0 spiro atoms.